The Labute approximate surface area is 122 Å². The Morgan fingerprint density at radius 3 is 2.62 bits per heavy atom. The number of amides is 1. The van der Waals surface area contributed by atoms with E-state index in [9.17, 15) is 4.79 Å². The van der Waals surface area contributed by atoms with Gasteiger partial charge in [-0.3, -0.25) is 4.79 Å². The van der Waals surface area contributed by atoms with Crippen LogP contribution in [0.3, 0.4) is 0 Å². The molecule has 0 saturated carbocycles. The van der Waals surface area contributed by atoms with Crippen LogP contribution in [0.25, 0.3) is 0 Å². The molecular weight excluding hydrogens is 266 g/mol. The summed E-state index contributed by atoms with van der Waals surface area (Å²) in [6.07, 6.45) is 2.86. The maximum absolute atomic E-state index is 11.7. The van der Waals surface area contributed by atoms with Crippen LogP contribution in [0.5, 0.6) is 0 Å². The molecule has 2 N–H and O–H groups in total. The number of carbonyl (C=O) groups excluding carboxylic acids is 1. The van der Waals surface area contributed by atoms with Crippen molar-refractivity contribution in [3.05, 3.63) is 47.9 Å². The van der Waals surface area contributed by atoms with Gasteiger partial charge in [-0.05, 0) is 26.0 Å². The van der Waals surface area contributed by atoms with E-state index in [1.807, 2.05) is 19.9 Å². The van der Waals surface area contributed by atoms with Crippen molar-refractivity contribution in [1.82, 2.24) is 15.3 Å². The van der Waals surface area contributed by atoms with Crippen molar-refractivity contribution in [2.45, 2.75) is 19.9 Å². The summed E-state index contributed by atoms with van der Waals surface area (Å²) in [5, 5.41) is 14.8. The quantitative estimate of drug-likeness (QED) is 0.896. The van der Waals surface area contributed by atoms with Gasteiger partial charge < -0.3 is 10.6 Å². The number of carbonyl (C=O) groups is 1. The lowest BCUT2D eigenvalue weighted by Crippen LogP contribution is -2.30. The number of benzene rings is 1. The molecular formula is C15H15N5O. The topological polar surface area (TPSA) is 90.7 Å². The molecule has 1 heterocycles. The van der Waals surface area contributed by atoms with Crippen LogP contribution in [0.4, 0.5) is 11.5 Å². The number of hydrogen-bond acceptors (Lipinski definition) is 5. The highest BCUT2D eigenvalue weighted by atomic mass is 16.1. The lowest BCUT2D eigenvalue weighted by Gasteiger charge is -2.09. The molecule has 21 heavy (non-hydrogen) atoms. The third kappa shape index (κ3) is 3.76. The maximum atomic E-state index is 11.7. The normalized spacial score (nSPS) is 10.0. The average molecular weight is 281 g/mol. The van der Waals surface area contributed by atoms with Crippen molar-refractivity contribution in [2.75, 3.05) is 5.32 Å². The van der Waals surface area contributed by atoms with Crippen LogP contribution in [0.15, 0.2) is 36.7 Å². The fourth-order valence-corrected chi connectivity index (χ4v) is 1.67. The van der Waals surface area contributed by atoms with Crippen LogP contribution in [-0.2, 0) is 0 Å². The van der Waals surface area contributed by atoms with Gasteiger partial charge in [-0.2, -0.15) is 5.26 Å². The molecule has 6 heteroatoms. The van der Waals surface area contributed by atoms with E-state index < -0.39 is 0 Å². The summed E-state index contributed by atoms with van der Waals surface area (Å²) in [6.45, 7) is 3.75. The summed E-state index contributed by atoms with van der Waals surface area (Å²) in [7, 11) is 0. The molecule has 2 rings (SSSR count). The number of rotatable bonds is 4. The van der Waals surface area contributed by atoms with Crippen molar-refractivity contribution in [3.63, 3.8) is 0 Å². The molecule has 0 aliphatic rings. The second kappa shape index (κ2) is 6.48. The second-order valence-corrected chi connectivity index (χ2v) is 4.70. The number of nitriles is 1. The van der Waals surface area contributed by atoms with E-state index in [1.165, 1.54) is 12.4 Å². The molecule has 2 aromatic rings. The van der Waals surface area contributed by atoms with E-state index in [2.05, 4.69) is 26.7 Å². The van der Waals surface area contributed by atoms with E-state index in [4.69, 9.17) is 5.26 Å². The molecule has 0 bridgehead atoms. The smallest absolute Gasteiger partial charge is 0.271 e. The maximum Gasteiger partial charge on any atom is 0.271 e. The number of nitrogens with one attached hydrogen (secondary N) is 2. The molecule has 1 amide bonds. The summed E-state index contributed by atoms with van der Waals surface area (Å²) >= 11 is 0. The number of hydrogen-bond donors (Lipinski definition) is 2. The van der Waals surface area contributed by atoms with Crippen molar-refractivity contribution >= 4 is 17.4 Å². The van der Waals surface area contributed by atoms with Crippen LogP contribution in [0.2, 0.25) is 0 Å². The van der Waals surface area contributed by atoms with Gasteiger partial charge in [0.1, 0.15) is 17.6 Å². The Balaban J connectivity index is 2.13. The van der Waals surface area contributed by atoms with Gasteiger partial charge >= 0.3 is 0 Å². The highest BCUT2D eigenvalue weighted by Crippen LogP contribution is 2.17. The average Bonchev–Trinajstić information content (AvgIpc) is 2.48. The minimum Gasteiger partial charge on any atom is -0.348 e. The predicted octanol–water partition coefficient (Wildman–Crippen LogP) is 2.23. The van der Waals surface area contributed by atoms with E-state index in [1.54, 1.807) is 18.2 Å². The van der Waals surface area contributed by atoms with Crippen molar-refractivity contribution in [1.29, 1.82) is 5.26 Å². The largest absolute Gasteiger partial charge is 0.348 e. The van der Waals surface area contributed by atoms with Gasteiger partial charge in [0.05, 0.1) is 23.6 Å². The Kier molecular flexibility index (Phi) is 4.46. The molecule has 0 spiro atoms. The Morgan fingerprint density at radius 2 is 2.00 bits per heavy atom. The van der Waals surface area contributed by atoms with Crippen molar-refractivity contribution in [3.8, 4) is 6.07 Å². The van der Waals surface area contributed by atoms with E-state index >= 15 is 0 Å². The van der Waals surface area contributed by atoms with Gasteiger partial charge in [0.15, 0.2) is 0 Å². The first-order valence-corrected chi connectivity index (χ1v) is 6.49. The van der Waals surface area contributed by atoms with Crippen LogP contribution >= 0.6 is 0 Å². The van der Waals surface area contributed by atoms with Crippen LogP contribution in [0.1, 0.15) is 29.9 Å². The Morgan fingerprint density at radius 1 is 1.24 bits per heavy atom. The molecule has 106 valence electrons. The standard InChI is InChI=1S/C15H15N5O/c1-10(2)19-15(21)13-8-18-14(9-17-13)20-12-6-4-3-5-11(12)7-16/h3-6,8-10H,1-2H3,(H,18,20)(H,19,21). The van der Waals surface area contributed by atoms with Crippen LogP contribution < -0.4 is 10.6 Å². The first kappa shape index (κ1) is 14.5. The highest BCUT2D eigenvalue weighted by Gasteiger charge is 2.09. The van der Waals surface area contributed by atoms with Gasteiger partial charge in [-0.1, -0.05) is 12.1 Å². The number of nitrogens with zero attached hydrogens (tertiary/aromatic N) is 3. The lowest BCUT2D eigenvalue weighted by molar-refractivity contribution is 0.0937. The van der Waals surface area contributed by atoms with Crippen LogP contribution in [-0.4, -0.2) is 21.9 Å². The fourth-order valence-electron chi connectivity index (χ4n) is 1.67. The zero-order valence-electron chi connectivity index (χ0n) is 11.8. The molecule has 0 radical (unpaired) electrons. The first-order chi connectivity index (χ1) is 10.1. The summed E-state index contributed by atoms with van der Waals surface area (Å²) in [5.74, 6) is 0.209. The Hall–Kier alpha value is -2.94. The number of anilines is 2. The summed E-state index contributed by atoms with van der Waals surface area (Å²) < 4.78 is 0. The fraction of sp³-hybridized carbons (Fsp3) is 0.200. The molecule has 0 aliphatic heterocycles. The van der Waals surface area contributed by atoms with Gasteiger partial charge in [0.2, 0.25) is 0 Å². The molecule has 0 aliphatic carbocycles. The number of para-hydroxylation sites is 1. The molecule has 0 atom stereocenters. The highest BCUT2D eigenvalue weighted by molar-refractivity contribution is 5.92. The Bertz CT molecular complexity index is 673. The minimum atomic E-state index is -0.263. The van der Waals surface area contributed by atoms with Gasteiger partial charge in [-0.15, -0.1) is 0 Å². The molecule has 6 nitrogen and oxygen atoms in total. The van der Waals surface area contributed by atoms with E-state index in [0.717, 1.165) is 0 Å². The molecule has 0 unspecified atom stereocenters. The third-order valence-electron chi connectivity index (χ3n) is 2.61. The lowest BCUT2D eigenvalue weighted by atomic mass is 10.2. The van der Waals surface area contributed by atoms with Gasteiger partial charge in [0.25, 0.3) is 5.91 Å². The molecule has 1 aromatic carbocycles. The zero-order chi connectivity index (χ0) is 15.2. The van der Waals surface area contributed by atoms with E-state index in [-0.39, 0.29) is 17.6 Å². The first-order valence-electron chi connectivity index (χ1n) is 6.49. The van der Waals surface area contributed by atoms with Gasteiger partial charge in [-0.25, -0.2) is 9.97 Å². The van der Waals surface area contributed by atoms with Crippen molar-refractivity contribution in [2.24, 2.45) is 0 Å². The second-order valence-electron chi connectivity index (χ2n) is 4.70. The van der Waals surface area contributed by atoms with Gasteiger partial charge in [0, 0.05) is 6.04 Å². The SMILES string of the molecule is CC(C)NC(=O)c1cnc(Nc2ccccc2C#N)cn1. The monoisotopic (exact) mass is 281 g/mol. The van der Waals surface area contributed by atoms with E-state index in [0.29, 0.717) is 17.1 Å². The molecule has 0 saturated heterocycles. The summed E-state index contributed by atoms with van der Waals surface area (Å²) in [5.41, 5.74) is 1.41. The van der Waals surface area contributed by atoms with Crippen LogP contribution in [0, 0.1) is 11.3 Å². The minimum absolute atomic E-state index is 0.0413. The summed E-state index contributed by atoms with van der Waals surface area (Å²) in [6, 6.07) is 9.23. The molecule has 0 fully saturated rings. The summed E-state index contributed by atoms with van der Waals surface area (Å²) in [4.78, 5) is 19.9. The molecule has 1 aromatic heterocycles. The predicted molar refractivity (Wildman–Crippen MR) is 79.1 cm³/mol. The third-order valence-corrected chi connectivity index (χ3v) is 2.61. The zero-order valence-corrected chi connectivity index (χ0v) is 11.8. The van der Waals surface area contributed by atoms with Crippen molar-refractivity contribution < 1.29 is 4.79 Å². The number of aromatic nitrogens is 2.